The van der Waals surface area contributed by atoms with Crippen LogP contribution in [0.3, 0.4) is 0 Å². The van der Waals surface area contributed by atoms with E-state index in [0.29, 0.717) is 19.4 Å². The van der Waals surface area contributed by atoms with Crippen LogP contribution in [0.1, 0.15) is 38.7 Å². The molecule has 0 heterocycles. The van der Waals surface area contributed by atoms with Gasteiger partial charge in [-0.3, -0.25) is 14.4 Å². The molecule has 0 fully saturated rings. The highest BCUT2D eigenvalue weighted by Crippen LogP contribution is 2.04. The molecule has 6 nitrogen and oxygen atoms in total. The molecule has 2 unspecified atom stereocenters. The van der Waals surface area contributed by atoms with E-state index in [1.54, 1.807) is 6.92 Å². The van der Waals surface area contributed by atoms with Gasteiger partial charge in [-0.15, -0.1) is 0 Å². The maximum absolute atomic E-state index is 12.3. The average molecular weight is 333 g/mol. The Morgan fingerprint density at radius 3 is 2.38 bits per heavy atom. The molecule has 0 aliphatic heterocycles. The Labute approximate surface area is 143 Å². The fraction of sp³-hybridized carbons (Fsp3) is 0.500. The van der Waals surface area contributed by atoms with Gasteiger partial charge in [-0.2, -0.15) is 0 Å². The molecule has 2 atom stereocenters. The monoisotopic (exact) mass is 333 g/mol. The molecule has 24 heavy (non-hydrogen) atoms. The van der Waals surface area contributed by atoms with Gasteiger partial charge in [0.15, 0.2) is 0 Å². The third-order valence-electron chi connectivity index (χ3n) is 3.93. The first-order chi connectivity index (χ1) is 11.4. The summed E-state index contributed by atoms with van der Waals surface area (Å²) in [6, 6.07) is 9.06. The summed E-state index contributed by atoms with van der Waals surface area (Å²) in [6.07, 6.45) is 1.64. The van der Waals surface area contributed by atoms with Crippen LogP contribution >= 0.6 is 0 Å². The van der Waals surface area contributed by atoms with Crippen LogP contribution in [0.25, 0.3) is 0 Å². The van der Waals surface area contributed by atoms with E-state index in [0.717, 1.165) is 5.56 Å². The molecule has 0 aromatic heterocycles. The Kier molecular flexibility index (Phi) is 8.54. The summed E-state index contributed by atoms with van der Waals surface area (Å²) in [6.45, 7) is 4.17. The average Bonchev–Trinajstić information content (AvgIpc) is 2.58. The quantitative estimate of drug-likeness (QED) is 0.598. The van der Waals surface area contributed by atoms with E-state index in [9.17, 15) is 14.4 Å². The SMILES string of the molecule is CCC(C)C(=O)NC(CCC(N)=O)C(=O)NCCc1ccccc1. The van der Waals surface area contributed by atoms with E-state index < -0.39 is 11.9 Å². The number of benzene rings is 1. The van der Waals surface area contributed by atoms with E-state index in [2.05, 4.69) is 10.6 Å². The van der Waals surface area contributed by atoms with Crippen molar-refractivity contribution < 1.29 is 14.4 Å². The van der Waals surface area contributed by atoms with E-state index in [1.165, 1.54) is 0 Å². The van der Waals surface area contributed by atoms with Crippen molar-refractivity contribution in [1.82, 2.24) is 10.6 Å². The lowest BCUT2D eigenvalue weighted by Gasteiger charge is -2.20. The van der Waals surface area contributed by atoms with Gasteiger partial charge in [-0.25, -0.2) is 0 Å². The molecule has 0 aliphatic carbocycles. The third kappa shape index (κ3) is 7.26. The zero-order chi connectivity index (χ0) is 17.9. The van der Waals surface area contributed by atoms with Crippen LogP contribution in [0.15, 0.2) is 30.3 Å². The first-order valence-corrected chi connectivity index (χ1v) is 8.34. The highest BCUT2D eigenvalue weighted by molar-refractivity contribution is 5.88. The smallest absolute Gasteiger partial charge is 0.242 e. The molecule has 0 saturated carbocycles. The zero-order valence-corrected chi connectivity index (χ0v) is 14.4. The topological polar surface area (TPSA) is 101 Å². The van der Waals surface area contributed by atoms with Gasteiger partial charge >= 0.3 is 0 Å². The molecule has 0 bridgehead atoms. The van der Waals surface area contributed by atoms with Crippen molar-refractivity contribution in [3.05, 3.63) is 35.9 Å². The Morgan fingerprint density at radius 2 is 1.79 bits per heavy atom. The molecule has 0 spiro atoms. The van der Waals surface area contributed by atoms with Gasteiger partial charge in [0.05, 0.1) is 0 Å². The number of nitrogens with one attached hydrogen (secondary N) is 2. The number of nitrogens with two attached hydrogens (primary N) is 1. The zero-order valence-electron chi connectivity index (χ0n) is 14.4. The normalized spacial score (nSPS) is 12.9. The maximum atomic E-state index is 12.3. The van der Waals surface area contributed by atoms with Gasteiger partial charge in [0.1, 0.15) is 6.04 Å². The molecule has 1 rings (SSSR count). The standard InChI is InChI=1S/C18H27N3O3/c1-3-13(2)17(23)21-15(9-10-16(19)22)18(24)20-12-11-14-7-5-4-6-8-14/h4-8,13,15H,3,9-12H2,1-2H3,(H2,19,22)(H,20,24)(H,21,23). The minimum atomic E-state index is -0.741. The van der Waals surface area contributed by atoms with Crippen LogP contribution in [0.4, 0.5) is 0 Å². The van der Waals surface area contributed by atoms with Crippen LogP contribution in [-0.2, 0) is 20.8 Å². The summed E-state index contributed by atoms with van der Waals surface area (Å²) in [5.41, 5.74) is 6.27. The number of amides is 3. The Hall–Kier alpha value is -2.37. The van der Waals surface area contributed by atoms with Crippen LogP contribution in [0.2, 0.25) is 0 Å². The minimum absolute atomic E-state index is 0.0531. The lowest BCUT2D eigenvalue weighted by atomic mass is 10.1. The fourth-order valence-corrected chi connectivity index (χ4v) is 2.15. The maximum Gasteiger partial charge on any atom is 0.242 e. The van der Waals surface area contributed by atoms with E-state index in [-0.39, 0.29) is 30.6 Å². The van der Waals surface area contributed by atoms with Gasteiger partial charge in [0.25, 0.3) is 0 Å². The fourth-order valence-electron chi connectivity index (χ4n) is 2.15. The molecule has 6 heteroatoms. The number of hydrogen-bond acceptors (Lipinski definition) is 3. The second-order valence-corrected chi connectivity index (χ2v) is 5.90. The van der Waals surface area contributed by atoms with Crippen LogP contribution in [0.5, 0.6) is 0 Å². The molecule has 0 radical (unpaired) electrons. The first-order valence-electron chi connectivity index (χ1n) is 8.34. The van der Waals surface area contributed by atoms with Crippen molar-refractivity contribution in [1.29, 1.82) is 0 Å². The molecule has 3 amide bonds. The van der Waals surface area contributed by atoms with Gasteiger partial charge in [0.2, 0.25) is 17.7 Å². The summed E-state index contributed by atoms with van der Waals surface area (Å²) in [5, 5.41) is 5.52. The second kappa shape index (κ2) is 10.4. The lowest BCUT2D eigenvalue weighted by Crippen LogP contribution is -2.48. The molecule has 1 aromatic rings. The molecule has 4 N–H and O–H groups in total. The Balaban J connectivity index is 2.55. The van der Waals surface area contributed by atoms with Crippen molar-refractivity contribution in [2.24, 2.45) is 11.7 Å². The lowest BCUT2D eigenvalue weighted by molar-refractivity contribution is -0.131. The second-order valence-electron chi connectivity index (χ2n) is 5.90. The van der Waals surface area contributed by atoms with E-state index in [1.807, 2.05) is 37.3 Å². The Bertz CT molecular complexity index is 546. The predicted molar refractivity (Wildman–Crippen MR) is 93.0 cm³/mol. The van der Waals surface area contributed by atoms with Gasteiger partial charge in [-0.1, -0.05) is 44.2 Å². The number of primary amides is 1. The molecule has 0 saturated heterocycles. The third-order valence-corrected chi connectivity index (χ3v) is 3.93. The number of hydrogen-bond donors (Lipinski definition) is 3. The summed E-state index contributed by atoms with van der Waals surface area (Å²) in [7, 11) is 0. The molecular weight excluding hydrogens is 306 g/mol. The van der Waals surface area contributed by atoms with Crippen LogP contribution in [0, 0.1) is 5.92 Å². The molecule has 132 valence electrons. The van der Waals surface area contributed by atoms with Crippen molar-refractivity contribution in [3.63, 3.8) is 0 Å². The van der Waals surface area contributed by atoms with Crippen molar-refractivity contribution in [3.8, 4) is 0 Å². The van der Waals surface area contributed by atoms with E-state index >= 15 is 0 Å². The molecular formula is C18H27N3O3. The number of carbonyl (C=O) groups excluding carboxylic acids is 3. The largest absolute Gasteiger partial charge is 0.370 e. The van der Waals surface area contributed by atoms with Crippen molar-refractivity contribution >= 4 is 17.7 Å². The van der Waals surface area contributed by atoms with Crippen LogP contribution in [-0.4, -0.2) is 30.3 Å². The molecule has 0 aliphatic rings. The van der Waals surface area contributed by atoms with Crippen molar-refractivity contribution in [2.45, 2.75) is 45.6 Å². The summed E-state index contributed by atoms with van der Waals surface area (Å²) < 4.78 is 0. The van der Waals surface area contributed by atoms with Gasteiger partial charge in [0, 0.05) is 18.9 Å². The number of rotatable bonds is 10. The Morgan fingerprint density at radius 1 is 1.12 bits per heavy atom. The summed E-state index contributed by atoms with van der Waals surface area (Å²) >= 11 is 0. The van der Waals surface area contributed by atoms with E-state index in [4.69, 9.17) is 5.73 Å². The molecule has 1 aromatic carbocycles. The highest BCUT2D eigenvalue weighted by Gasteiger charge is 2.23. The predicted octanol–water partition coefficient (Wildman–Crippen LogP) is 1.14. The minimum Gasteiger partial charge on any atom is -0.370 e. The van der Waals surface area contributed by atoms with Gasteiger partial charge < -0.3 is 16.4 Å². The van der Waals surface area contributed by atoms with Crippen molar-refractivity contribution in [2.75, 3.05) is 6.54 Å². The summed E-state index contributed by atoms with van der Waals surface area (Å²) in [5.74, 6) is -1.15. The number of carbonyl (C=O) groups is 3. The first kappa shape index (κ1) is 19.7. The van der Waals surface area contributed by atoms with Crippen LogP contribution < -0.4 is 16.4 Å². The van der Waals surface area contributed by atoms with Gasteiger partial charge in [-0.05, 0) is 24.8 Å². The highest BCUT2D eigenvalue weighted by atomic mass is 16.2. The summed E-state index contributed by atoms with van der Waals surface area (Å²) in [4.78, 5) is 35.3.